The number of hydrogen-bond donors (Lipinski definition) is 1. The predicted octanol–water partition coefficient (Wildman–Crippen LogP) is 7.23. The quantitative estimate of drug-likeness (QED) is 0.309. The molecule has 2 aromatic carbocycles. The van der Waals surface area contributed by atoms with Crippen molar-refractivity contribution in [3.05, 3.63) is 99.7 Å². The Morgan fingerprint density at radius 1 is 1.05 bits per heavy atom. The van der Waals surface area contributed by atoms with Gasteiger partial charge in [0.1, 0.15) is 28.4 Å². The van der Waals surface area contributed by atoms with Crippen LogP contribution in [0.3, 0.4) is 0 Å². The third-order valence-corrected chi connectivity index (χ3v) is 8.39. The zero-order valence-electron chi connectivity index (χ0n) is 20.5. The third-order valence-electron chi connectivity index (χ3n) is 7.06. The van der Waals surface area contributed by atoms with E-state index in [4.69, 9.17) is 4.74 Å². The van der Waals surface area contributed by atoms with Crippen molar-refractivity contribution in [2.45, 2.75) is 45.2 Å². The van der Waals surface area contributed by atoms with Crippen LogP contribution >= 0.6 is 11.3 Å². The molecule has 2 aliphatic rings. The molecule has 0 saturated heterocycles. The lowest BCUT2D eigenvalue weighted by atomic mass is 9.95. The number of nitrogens with one attached hydrogen (secondary N) is 1. The predicted molar refractivity (Wildman–Crippen MR) is 141 cm³/mol. The molecule has 1 unspecified atom stereocenters. The summed E-state index contributed by atoms with van der Waals surface area (Å²) in [6.07, 6.45) is 6.28. The Bertz CT molecular complexity index is 1440. The summed E-state index contributed by atoms with van der Waals surface area (Å²) in [5, 5.41) is 4.09. The van der Waals surface area contributed by atoms with E-state index >= 15 is 0 Å². The van der Waals surface area contributed by atoms with E-state index in [1.807, 2.05) is 25.3 Å². The van der Waals surface area contributed by atoms with Crippen LogP contribution in [0, 0.1) is 11.6 Å². The van der Waals surface area contributed by atoms with Crippen molar-refractivity contribution in [2.24, 2.45) is 0 Å². The van der Waals surface area contributed by atoms with Gasteiger partial charge in [-0.25, -0.2) is 13.6 Å². The number of rotatable bonds is 4. The summed E-state index contributed by atoms with van der Waals surface area (Å²) >= 11 is 1.77. The number of anilines is 1. The molecule has 8 heteroatoms. The maximum Gasteiger partial charge on any atom is 0.322 e. The van der Waals surface area contributed by atoms with Crippen LogP contribution in [-0.2, 0) is 19.4 Å². The zero-order valence-corrected chi connectivity index (χ0v) is 21.3. The van der Waals surface area contributed by atoms with Gasteiger partial charge in [0.15, 0.2) is 0 Å². The van der Waals surface area contributed by atoms with Crippen LogP contribution in [0.4, 0.5) is 19.3 Å². The van der Waals surface area contributed by atoms with Gasteiger partial charge in [0.25, 0.3) is 0 Å². The lowest BCUT2D eigenvalue weighted by molar-refractivity contribution is 0.194. The van der Waals surface area contributed by atoms with E-state index in [1.165, 1.54) is 22.6 Å². The van der Waals surface area contributed by atoms with Gasteiger partial charge < -0.3 is 19.5 Å². The number of urea groups is 1. The van der Waals surface area contributed by atoms with Crippen LogP contribution in [0.1, 0.15) is 53.1 Å². The highest BCUT2D eigenvalue weighted by Gasteiger charge is 2.36. The van der Waals surface area contributed by atoms with Crippen LogP contribution in [0.15, 0.2) is 60.8 Å². The van der Waals surface area contributed by atoms with E-state index in [1.54, 1.807) is 40.5 Å². The largest absolute Gasteiger partial charge is 0.494 e. The smallest absolute Gasteiger partial charge is 0.322 e. The fourth-order valence-corrected chi connectivity index (χ4v) is 6.87. The van der Waals surface area contributed by atoms with E-state index in [0.717, 1.165) is 53.8 Å². The number of aryl methyl sites for hydroxylation is 1. The second-order valence-corrected chi connectivity index (χ2v) is 10.5. The van der Waals surface area contributed by atoms with Crippen LogP contribution in [0.5, 0.6) is 5.75 Å². The fourth-order valence-electron chi connectivity index (χ4n) is 5.47. The molecule has 0 bridgehead atoms. The molecule has 1 atom stereocenters. The molecule has 6 rings (SSSR count). The second kappa shape index (κ2) is 9.67. The molecule has 4 aromatic rings. The lowest BCUT2D eigenvalue weighted by Gasteiger charge is -2.31. The maximum absolute atomic E-state index is 14.4. The fraction of sp³-hybridized carbons (Fsp3) is 0.276. The van der Waals surface area contributed by atoms with Crippen molar-refractivity contribution >= 4 is 23.1 Å². The summed E-state index contributed by atoms with van der Waals surface area (Å²) in [6, 6.07) is 13.5. The number of halogens is 2. The second-order valence-electron chi connectivity index (χ2n) is 9.42. The van der Waals surface area contributed by atoms with E-state index in [2.05, 4.69) is 9.88 Å². The van der Waals surface area contributed by atoms with Crippen LogP contribution in [0.2, 0.25) is 0 Å². The van der Waals surface area contributed by atoms with Gasteiger partial charge in [-0.05, 0) is 92.3 Å². The van der Waals surface area contributed by atoms with Gasteiger partial charge in [0.2, 0.25) is 0 Å². The minimum atomic E-state index is -0.679. The Morgan fingerprint density at radius 2 is 1.81 bits per heavy atom. The number of aromatic nitrogens is 1. The summed E-state index contributed by atoms with van der Waals surface area (Å²) in [5.41, 5.74) is 4.24. The molecule has 5 nitrogen and oxygen atoms in total. The van der Waals surface area contributed by atoms with Crippen molar-refractivity contribution < 1.29 is 18.3 Å². The molecular weight excluding hydrogens is 492 g/mol. The molecule has 0 spiro atoms. The molecule has 190 valence electrons. The molecule has 1 aliphatic carbocycles. The highest BCUT2D eigenvalue weighted by atomic mass is 32.1. The van der Waals surface area contributed by atoms with E-state index in [-0.39, 0.29) is 6.03 Å². The number of fused-ring (bicyclic) bond motifs is 5. The van der Waals surface area contributed by atoms with Crippen LogP contribution in [0.25, 0.3) is 5.00 Å². The Hall–Kier alpha value is -3.65. The number of carbonyl (C=O) groups excluding carboxylic acids is 1. The number of ether oxygens (including phenoxy) is 1. The average Bonchev–Trinajstić information content (AvgIpc) is 3.46. The first-order chi connectivity index (χ1) is 18.0. The highest BCUT2D eigenvalue weighted by molar-refractivity contribution is 7.15. The van der Waals surface area contributed by atoms with Gasteiger partial charge in [-0.1, -0.05) is 0 Å². The number of nitrogens with zero attached hydrogens (tertiary/aromatic N) is 2. The summed E-state index contributed by atoms with van der Waals surface area (Å²) in [7, 11) is 0. The van der Waals surface area contributed by atoms with E-state index < -0.39 is 17.7 Å². The lowest BCUT2D eigenvalue weighted by Crippen LogP contribution is -2.38. The molecule has 1 N–H and O–H groups in total. The minimum absolute atomic E-state index is 0.338. The van der Waals surface area contributed by atoms with Gasteiger partial charge in [0, 0.05) is 28.4 Å². The van der Waals surface area contributed by atoms with Gasteiger partial charge in [-0.15, -0.1) is 11.3 Å². The number of amides is 2. The molecule has 37 heavy (non-hydrogen) atoms. The van der Waals surface area contributed by atoms with E-state index in [9.17, 15) is 13.6 Å². The van der Waals surface area contributed by atoms with Gasteiger partial charge >= 0.3 is 6.03 Å². The molecule has 1 aliphatic heterocycles. The van der Waals surface area contributed by atoms with Crippen molar-refractivity contribution in [3.8, 4) is 10.8 Å². The molecule has 3 heterocycles. The minimum Gasteiger partial charge on any atom is -0.494 e. The topological polar surface area (TPSA) is 46.5 Å². The van der Waals surface area contributed by atoms with Crippen molar-refractivity contribution in [2.75, 3.05) is 11.9 Å². The Balaban J connectivity index is 1.46. The Labute approximate surface area is 218 Å². The van der Waals surface area contributed by atoms with Gasteiger partial charge in [-0.2, -0.15) is 0 Å². The SMILES string of the molecule is CCOc1ccc(NC(=O)N2Cc3c(sc4c3CCCC4)-n3cccc3C2c2cc(F)cc(F)c2)cc1. The summed E-state index contributed by atoms with van der Waals surface area (Å²) in [5.74, 6) is -0.622. The Kier molecular flexibility index (Phi) is 6.20. The van der Waals surface area contributed by atoms with Crippen LogP contribution < -0.4 is 10.1 Å². The number of benzene rings is 2. The zero-order chi connectivity index (χ0) is 25.5. The maximum atomic E-state index is 14.4. The molecule has 0 radical (unpaired) electrons. The standard InChI is InChI=1S/C29H27F2N3O2S/c1-2-36-22-11-9-21(10-12-22)32-29(35)34-17-24-23-6-3-4-8-26(23)37-28(24)33-13-5-7-25(33)27(34)18-14-19(30)16-20(31)15-18/h5,7,9-16,27H,2-4,6,8,17H2,1H3,(H,32,35). The first-order valence-corrected chi connectivity index (χ1v) is 13.4. The molecule has 0 fully saturated rings. The highest BCUT2D eigenvalue weighted by Crippen LogP contribution is 2.44. The average molecular weight is 520 g/mol. The van der Waals surface area contributed by atoms with Crippen LogP contribution in [-0.4, -0.2) is 22.1 Å². The summed E-state index contributed by atoms with van der Waals surface area (Å²) < 4.78 is 36.4. The van der Waals surface area contributed by atoms with Crippen molar-refractivity contribution in [1.82, 2.24) is 9.47 Å². The first kappa shape index (κ1) is 23.7. The summed E-state index contributed by atoms with van der Waals surface area (Å²) in [4.78, 5) is 17.0. The molecular formula is C29H27F2N3O2S. The number of thiophene rings is 1. The van der Waals surface area contributed by atoms with E-state index in [0.29, 0.717) is 24.4 Å². The monoisotopic (exact) mass is 519 g/mol. The molecule has 2 amide bonds. The van der Waals surface area contributed by atoms with Gasteiger partial charge in [-0.3, -0.25) is 0 Å². The molecule has 0 saturated carbocycles. The molecule has 2 aromatic heterocycles. The van der Waals surface area contributed by atoms with Crippen molar-refractivity contribution in [3.63, 3.8) is 0 Å². The number of hydrogen-bond acceptors (Lipinski definition) is 3. The Morgan fingerprint density at radius 3 is 2.57 bits per heavy atom. The van der Waals surface area contributed by atoms with Crippen molar-refractivity contribution in [1.29, 1.82) is 0 Å². The van der Waals surface area contributed by atoms with Gasteiger partial charge in [0.05, 0.1) is 18.8 Å². The summed E-state index contributed by atoms with van der Waals surface area (Å²) in [6.45, 7) is 2.81. The first-order valence-electron chi connectivity index (χ1n) is 12.6. The number of carbonyl (C=O) groups is 1. The normalized spacial score (nSPS) is 16.4. The third kappa shape index (κ3) is 4.39.